The van der Waals surface area contributed by atoms with Gasteiger partial charge in [-0.3, -0.25) is 0 Å². The lowest BCUT2D eigenvalue weighted by atomic mass is 10.1. The number of methoxy groups -OCH3 is 2. The van der Waals surface area contributed by atoms with E-state index in [2.05, 4.69) is 5.32 Å². The van der Waals surface area contributed by atoms with Crippen LogP contribution >= 0.6 is 0 Å². The number of nitrogens with zero attached hydrogens (tertiary/aromatic N) is 1. The second-order valence-electron chi connectivity index (χ2n) is 6.86. The van der Waals surface area contributed by atoms with Crippen LogP contribution in [0.3, 0.4) is 0 Å². The fourth-order valence-electron chi connectivity index (χ4n) is 3.45. The molecule has 6 nitrogen and oxygen atoms in total. The Labute approximate surface area is 165 Å². The lowest BCUT2D eigenvalue weighted by Gasteiger charge is -2.33. The molecule has 28 heavy (non-hydrogen) atoms. The Hall–Kier alpha value is -2.32. The molecule has 8 heteroatoms. The van der Waals surface area contributed by atoms with E-state index >= 15 is 0 Å². The first kappa shape index (κ1) is 20.4. The smallest absolute Gasteiger partial charge is 0.243 e. The highest BCUT2D eigenvalue weighted by molar-refractivity contribution is 7.89. The summed E-state index contributed by atoms with van der Waals surface area (Å²) in [6.45, 7) is 2.38. The molecule has 1 saturated heterocycles. The summed E-state index contributed by atoms with van der Waals surface area (Å²) in [7, 11) is -0.519. The molecule has 2 aromatic carbocycles. The first-order chi connectivity index (χ1) is 13.3. The number of rotatable bonds is 6. The van der Waals surface area contributed by atoms with Crippen LogP contribution < -0.4 is 14.8 Å². The molecule has 0 unspecified atom stereocenters. The topological polar surface area (TPSA) is 67.9 Å². The van der Waals surface area contributed by atoms with Crippen LogP contribution in [0.4, 0.5) is 10.1 Å². The van der Waals surface area contributed by atoms with Crippen LogP contribution in [0.2, 0.25) is 0 Å². The second kappa shape index (κ2) is 8.36. The molecule has 0 spiro atoms. The number of ether oxygens (including phenoxy) is 2. The van der Waals surface area contributed by atoms with Gasteiger partial charge in [-0.05, 0) is 43.5 Å². The number of nitrogens with one attached hydrogen (secondary N) is 1. The number of anilines is 1. The SMILES string of the molecule is COc1cc(N[C@H]2CCCN(S(=O)(=O)c3ccc(F)cc3C)C2)cc(OC)c1. The van der Waals surface area contributed by atoms with Gasteiger partial charge >= 0.3 is 0 Å². The number of benzene rings is 2. The van der Waals surface area contributed by atoms with E-state index in [-0.39, 0.29) is 10.9 Å². The molecule has 0 radical (unpaired) electrons. The zero-order valence-electron chi connectivity index (χ0n) is 16.2. The summed E-state index contributed by atoms with van der Waals surface area (Å²) in [5.74, 6) is 0.870. The summed E-state index contributed by atoms with van der Waals surface area (Å²) in [4.78, 5) is 0.151. The molecule has 1 aliphatic heterocycles. The molecule has 3 rings (SSSR count). The van der Waals surface area contributed by atoms with E-state index in [1.807, 2.05) is 12.1 Å². The molecule has 2 aromatic rings. The van der Waals surface area contributed by atoms with E-state index in [4.69, 9.17) is 9.47 Å². The molecule has 1 N–H and O–H groups in total. The normalized spacial score (nSPS) is 17.9. The highest BCUT2D eigenvalue weighted by atomic mass is 32.2. The highest BCUT2D eigenvalue weighted by Gasteiger charge is 2.31. The Morgan fingerprint density at radius 2 is 1.79 bits per heavy atom. The highest BCUT2D eigenvalue weighted by Crippen LogP contribution is 2.29. The van der Waals surface area contributed by atoms with Crippen LogP contribution in [0.15, 0.2) is 41.3 Å². The summed E-state index contributed by atoms with van der Waals surface area (Å²) < 4.78 is 51.5. The summed E-state index contributed by atoms with van der Waals surface area (Å²) in [5, 5.41) is 3.38. The molecule has 0 saturated carbocycles. The molecular formula is C20H25FN2O4S. The minimum atomic E-state index is -3.68. The second-order valence-corrected chi connectivity index (χ2v) is 8.76. The van der Waals surface area contributed by atoms with E-state index in [0.29, 0.717) is 30.2 Å². The van der Waals surface area contributed by atoms with Crippen molar-refractivity contribution in [3.63, 3.8) is 0 Å². The van der Waals surface area contributed by atoms with Crippen molar-refractivity contribution >= 4 is 15.7 Å². The van der Waals surface area contributed by atoms with Gasteiger partial charge in [-0.2, -0.15) is 4.31 Å². The van der Waals surface area contributed by atoms with Crippen LogP contribution in [0.1, 0.15) is 18.4 Å². The van der Waals surface area contributed by atoms with Crippen molar-refractivity contribution in [2.75, 3.05) is 32.6 Å². The summed E-state index contributed by atoms with van der Waals surface area (Å²) in [5.41, 5.74) is 1.21. The van der Waals surface area contributed by atoms with Gasteiger partial charge in [0.25, 0.3) is 0 Å². The third-order valence-corrected chi connectivity index (χ3v) is 6.89. The number of sulfonamides is 1. The number of aryl methyl sites for hydroxylation is 1. The van der Waals surface area contributed by atoms with Crippen LogP contribution in [0.25, 0.3) is 0 Å². The maximum atomic E-state index is 13.4. The molecule has 1 fully saturated rings. The maximum Gasteiger partial charge on any atom is 0.243 e. The molecule has 0 bridgehead atoms. The molecule has 1 aliphatic rings. The van der Waals surface area contributed by atoms with Crippen molar-refractivity contribution in [2.24, 2.45) is 0 Å². The quantitative estimate of drug-likeness (QED) is 0.793. The Morgan fingerprint density at radius 3 is 2.39 bits per heavy atom. The molecule has 0 amide bonds. The predicted molar refractivity (Wildman–Crippen MR) is 106 cm³/mol. The zero-order chi connectivity index (χ0) is 20.3. The molecule has 1 heterocycles. The van der Waals surface area contributed by atoms with E-state index in [1.165, 1.54) is 22.5 Å². The number of piperidine rings is 1. The van der Waals surface area contributed by atoms with Gasteiger partial charge in [0.05, 0.1) is 19.1 Å². The van der Waals surface area contributed by atoms with Crippen molar-refractivity contribution in [3.8, 4) is 11.5 Å². The number of hydrogen-bond acceptors (Lipinski definition) is 5. The van der Waals surface area contributed by atoms with Gasteiger partial charge in [-0.25, -0.2) is 12.8 Å². The lowest BCUT2D eigenvalue weighted by molar-refractivity contribution is 0.326. The Kier molecular flexibility index (Phi) is 6.10. The fraction of sp³-hybridized carbons (Fsp3) is 0.400. The van der Waals surface area contributed by atoms with Crippen LogP contribution in [0, 0.1) is 12.7 Å². The van der Waals surface area contributed by atoms with Crippen LogP contribution in [-0.2, 0) is 10.0 Å². The lowest BCUT2D eigenvalue weighted by Crippen LogP contribution is -2.45. The van der Waals surface area contributed by atoms with E-state index in [1.54, 1.807) is 27.2 Å². The minimum Gasteiger partial charge on any atom is -0.497 e. The summed E-state index contributed by atoms with van der Waals surface area (Å²) >= 11 is 0. The van der Waals surface area contributed by atoms with Crippen molar-refractivity contribution in [1.29, 1.82) is 0 Å². The molecular weight excluding hydrogens is 383 g/mol. The summed E-state index contributed by atoms with van der Waals surface area (Å²) in [6, 6.07) is 9.18. The Morgan fingerprint density at radius 1 is 1.11 bits per heavy atom. The van der Waals surface area contributed by atoms with Crippen molar-refractivity contribution in [3.05, 3.63) is 47.8 Å². The van der Waals surface area contributed by atoms with Crippen LogP contribution in [0.5, 0.6) is 11.5 Å². The largest absolute Gasteiger partial charge is 0.497 e. The van der Waals surface area contributed by atoms with Gasteiger partial charge in [0.15, 0.2) is 0 Å². The first-order valence-electron chi connectivity index (χ1n) is 9.09. The van der Waals surface area contributed by atoms with Crippen molar-refractivity contribution < 1.29 is 22.3 Å². The number of hydrogen-bond donors (Lipinski definition) is 1. The van der Waals surface area contributed by atoms with Gasteiger partial charge in [0.1, 0.15) is 17.3 Å². The van der Waals surface area contributed by atoms with Gasteiger partial charge in [-0.1, -0.05) is 0 Å². The van der Waals surface area contributed by atoms with E-state index in [0.717, 1.165) is 18.5 Å². The number of halogens is 1. The zero-order valence-corrected chi connectivity index (χ0v) is 17.1. The fourth-order valence-corrected chi connectivity index (χ4v) is 5.18. The Bertz CT molecular complexity index is 927. The predicted octanol–water partition coefficient (Wildman–Crippen LogP) is 3.42. The molecule has 0 aromatic heterocycles. The minimum absolute atomic E-state index is 0.0545. The van der Waals surface area contributed by atoms with Gasteiger partial charge in [-0.15, -0.1) is 0 Å². The van der Waals surface area contributed by atoms with Gasteiger partial charge < -0.3 is 14.8 Å². The third kappa shape index (κ3) is 4.39. The monoisotopic (exact) mass is 408 g/mol. The molecule has 1 atom stereocenters. The van der Waals surface area contributed by atoms with Crippen molar-refractivity contribution in [1.82, 2.24) is 4.31 Å². The van der Waals surface area contributed by atoms with Crippen LogP contribution in [-0.4, -0.2) is 46.1 Å². The average Bonchev–Trinajstić information content (AvgIpc) is 2.67. The maximum absolute atomic E-state index is 13.4. The summed E-state index contributed by atoms with van der Waals surface area (Å²) in [6.07, 6.45) is 1.58. The van der Waals surface area contributed by atoms with Gasteiger partial charge in [0.2, 0.25) is 10.0 Å². The average molecular weight is 408 g/mol. The van der Waals surface area contributed by atoms with E-state index < -0.39 is 15.8 Å². The molecule has 0 aliphatic carbocycles. The van der Waals surface area contributed by atoms with E-state index in [9.17, 15) is 12.8 Å². The Balaban J connectivity index is 1.79. The third-order valence-electron chi connectivity index (χ3n) is 4.86. The van der Waals surface area contributed by atoms with Crippen molar-refractivity contribution in [2.45, 2.75) is 30.7 Å². The van der Waals surface area contributed by atoms with Gasteiger partial charge in [0, 0.05) is 43.0 Å². The first-order valence-corrected chi connectivity index (χ1v) is 10.5. The molecule has 152 valence electrons. The standard InChI is InChI=1S/C20H25FN2O4S/c1-14-9-15(21)6-7-20(14)28(24,25)23-8-4-5-16(13-23)22-17-10-18(26-2)12-19(11-17)27-3/h6-7,9-12,16,22H,4-5,8,13H2,1-3H3/t16-/m0/s1.